The van der Waals surface area contributed by atoms with Crippen LogP contribution in [0.5, 0.6) is 0 Å². The van der Waals surface area contributed by atoms with E-state index in [9.17, 15) is 14.4 Å². The fourth-order valence-electron chi connectivity index (χ4n) is 6.36. The Bertz CT molecular complexity index is 1140. The molecule has 0 aromatic heterocycles. The molecule has 5 rings (SSSR count). The number of rotatable bonds is 7. The molecule has 2 saturated heterocycles. The fraction of sp³-hybridized carbons (Fsp3) is 0.536. The lowest BCUT2D eigenvalue weighted by Gasteiger charge is -2.37. The van der Waals surface area contributed by atoms with E-state index in [0.29, 0.717) is 36.5 Å². The highest BCUT2D eigenvalue weighted by Gasteiger charge is 2.74. The van der Waals surface area contributed by atoms with Crippen LogP contribution >= 0.6 is 11.6 Å². The number of aliphatic hydroxyl groups is 1. The maximum absolute atomic E-state index is 14.3. The first-order chi connectivity index (χ1) is 17.8. The van der Waals surface area contributed by atoms with Crippen molar-refractivity contribution in [1.29, 1.82) is 0 Å². The van der Waals surface area contributed by atoms with Gasteiger partial charge in [-0.2, -0.15) is 0 Å². The average molecular weight is 529 g/mol. The van der Waals surface area contributed by atoms with Crippen LogP contribution in [0.2, 0.25) is 5.02 Å². The summed E-state index contributed by atoms with van der Waals surface area (Å²) < 4.78 is 12.3. The summed E-state index contributed by atoms with van der Waals surface area (Å²) in [4.78, 5) is 44.9. The monoisotopic (exact) mass is 528 g/mol. The Balaban J connectivity index is 1.58. The van der Waals surface area contributed by atoms with Gasteiger partial charge in [-0.3, -0.25) is 14.4 Å². The van der Waals surface area contributed by atoms with Gasteiger partial charge in [0.05, 0.1) is 28.8 Å². The number of carbonyl (C=O) groups is 3. The highest BCUT2D eigenvalue weighted by molar-refractivity contribution is 6.34. The molecule has 1 aromatic carbocycles. The van der Waals surface area contributed by atoms with Gasteiger partial charge >= 0.3 is 5.97 Å². The van der Waals surface area contributed by atoms with Crippen molar-refractivity contribution in [2.75, 3.05) is 31.2 Å². The van der Waals surface area contributed by atoms with Gasteiger partial charge in [0.1, 0.15) is 17.6 Å². The van der Waals surface area contributed by atoms with E-state index in [-0.39, 0.29) is 31.6 Å². The zero-order valence-electron chi connectivity index (χ0n) is 21.0. The van der Waals surface area contributed by atoms with Gasteiger partial charge in [0.25, 0.3) is 5.91 Å². The van der Waals surface area contributed by atoms with Crippen LogP contribution in [0.15, 0.2) is 48.6 Å². The number of carbonyl (C=O) groups excluding carboxylic acids is 3. The number of esters is 1. The largest absolute Gasteiger partial charge is 0.465 e. The lowest BCUT2D eigenvalue weighted by molar-refractivity contribution is -0.159. The van der Waals surface area contributed by atoms with Gasteiger partial charge in [0.15, 0.2) is 0 Å². The van der Waals surface area contributed by atoms with Gasteiger partial charge in [-0.05, 0) is 38.3 Å². The zero-order valence-corrected chi connectivity index (χ0v) is 21.7. The van der Waals surface area contributed by atoms with Crippen molar-refractivity contribution in [1.82, 2.24) is 4.90 Å². The first kappa shape index (κ1) is 25.9. The standard InChI is InChI=1S/C28H33ClN2O6/c1-27-13-6-9-18-36-26(35)22(27)21-24(33)31(15-7-2-3-8-17-32)23-25(34)30(16-10-14-28(21,23)37-27)20-12-5-4-11-19(20)29/h4-6,10-14,21-23,32H,2-3,7-9,15-18H2,1H3/t21-,22-,23?,27+,28-/m0/s1. The topological polar surface area (TPSA) is 96.4 Å². The van der Waals surface area contributed by atoms with Gasteiger partial charge in [-0.1, -0.05) is 60.9 Å². The highest BCUT2D eigenvalue weighted by atomic mass is 35.5. The number of amides is 2. The number of cyclic esters (lactones) is 1. The first-order valence-corrected chi connectivity index (χ1v) is 13.4. The third kappa shape index (κ3) is 4.29. The molecular weight excluding hydrogens is 496 g/mol. The van der Waals surface area contributed by atoms with Crippen LogP contribution in [0.1, 0.15) is 39.0 Å². The van der Waals surface area contributed by atoms with Crippen molar-refractivity contribution in [2.24, 2.45) is 11.8 Å². The minimum Gasteiger partial charge on any atom is -0.465 e. The van der Waals surface area contributed by atoms with Crippen LogP contribution in [0.4, 0.5) is 5.69 Å². The van der Waals surface area contributed by atoms with Gasteiger partial charge in [-0.25, -0.2) is 0 Å². The molecular formula is C28H33ClN2O6. The molecule has 1 spiro atoms. The molecule has 37 heavy (non-hydrogen) atoms. The SMILES string of the molecule is C[C@@]12C=CCCOC(=O)[C@@H]1[C@H]1C(=O)N(CCCCCCO)C3C(=O)N(c4ccccc4Cl)CC=C[C@@]31O2. The number of anilines is 1. The van der Waals surface area contributed by atoms with Crippen LogP contribution in [-0.2, 0) is 23.9 Å². The quantitative estimate of drug-likeness (QED) is 0.331. The van der Waals surface area contributed by atoms with Crippen molar-refractivity contribution < 1.29 is 29.0 Å². The summed E-state index contributed by atoms with van der Waals surface area (Å²) >= 11 is 6.48. The van der Waals surface area contributed by atoms with Crippen molar-refractivity contribution in [3.05, 3.63) is 53.6 Å². The van der Waals surface area contributed by atoms with E-state index in [1.807, 2.05) is 30.4 Å². The number of halogens is 1. The molecule has 2 fully saturated rings. The Morgan fingerprint density at radius 2 is 1.81 bits per heavy atom. The molecule has 4 aliphatic rings. The minimum atomic E-state index is -1.32. The summed E-state index contributed by atoms with van der Waals surface area (Å²) in [5.74, 6) is -2.80. The number of aliphatic hydroxyl groups excluding tert-OH is 1. The normalized spacial score (nSPS) is 32.9. The Hall–Kier alpha value is -2.68. The molecule has 4 aliphatic heterocycles. The molecule has 0 bridgehead atoms. The van der Waals surface area contributed by atoms with Crippen molar-refractivity contribution in [3.63, 3.8) is 0 Å². The second-order valence-corrected chi connectivity index (χ2v) is 10.7. The van der Waals surface area contributed by atoms with Crippen LogP contribution in [-0.4, -0.2) is 71.3 Å². The third-order valence-electron chi connectivity index (χ3n) is 7.97. The number of fused-ring (bicyclic) bond motifs is 2. The molecule has 198 valence electrons. The van der Waals surface area contributed by atoms with Crippen LogP contribution < -0.4 is 4.90 Å². The van der Waals surface area contributed by atoms with Crippen LogP contribution in [0.3, 0.4) is 0 Å². The predicted molar refractivity (Wildman–Crippen MR) is 138 cm³/mol. The van der Waals surface area contributed by atoms with Crippen molar-refractivity contribution >= 4 is 35.1 Å². The maximum atomic E-state index is 14.3. The molecule has 4 heterocycles. The summed E-state index contributed by atoms with van der Waals surface area (Å²) in [7, 11) is 0. The summed E-state index contributed by atoms with van der Waals surface area (Å²) in [6, 6.07) is 6.17. The van der Waals surface area contributed by atoms with Gasteiger partial charge in [0.2, 0.25) is 5.91 Å². The van der Waals surface area contributed by atoms with Gasteiger partial charge in [-0.15, -0.1) is 0 Å². The summed E-state index contributed by atoms with van der Waals surface area (Å²) in [6.07, 6.45) is 11.0. The number of ether oxygens (including phenoxy) is 2. The Labute approximate surface area is 221 Å². The number of hydrogen-bond donors (Lipinski definition) is 1. The molecule has 1 unspecified atom stereocenters. The molecule has 0 saturated carbocycles. The molecule has 8 nitrogen and oxygen atoms in total. The Kier molecular flexibility index (Phi) is 7.18. The third-order valence-corrected chi connectivity index (χ3v) is 8.29. The predicted octanol–water partition coefficient (Wildman–Crippen LogP) is 3.27. The second kappa shape index (κ2) is 10.2. The smallest absolute Gasteiger partial charge is 0.313 e. The summed E-state index contributed by atoms with van der Waals surface area (Å²) in [5, 5.41) is 9.54. The van der Waals surface area contributed by atoms with Crippen molar-refractivity contribution in [2.45, 2.75) is 56.3 Å². The number of benzene rings is 1. The molecule has 0 radical (unpaired) electrons. The van der Waals surface area contributed by atoms with E-state index >= 15 is 0 Å². The molecule has 1 N–H and O–H groups in total. The van der Waals surface area contributed by atoms with Crippen LogP contribution in [0.25, 0.3) is 0 Å². The highest BCUT2D eigenvalue weighted by Crippen LogP contribution is 2.57. The van der Waals surface area contributed by atoms with E-state index in [4.69, 9.17) is 26.2 Å². The van der Waals surface area contributed by atoms with Gasteiger partial charge < -0.3 is 24.4 Å². The number of unbranched alkanes of at least 4 members (excludes halogenated alkanes) is 3. The van der Waals surface area contributed by atoms with E-state index in [1.54, 1.807) is 34.9 Å². The number of likely N-dealkylation sites (tertiary alicyclic amines) is 1. The van der Waals surface area contributed by atoms with E-state index in [0.717, 1.165) is 12.8 Å². The molecule has 2 amide bonds. The number of para-hydroxylation sites is 1. The van der Waals surface area contributed by atoms with E-state index in [2.05, 4.69) is 0 Å². The fourth-order valence-corrected chi connectivity index (χ4v) is 6.60. The van der Waals surface area contributed by atoms with Crippen molar-refractivity contribution in [3.8, 4) is 0 Å². The Morgan fingerprint density at radius 1 is 1.03 bits per heavy atom. The number of nitrogens with zero attached hydrogens (tertiary/aromatic N) is 2. The lowest BCUT2D eigenvalue weighted by atomic mass is 9.74. The first-order valence-electron chi connectivity index (χ1n) is 13.0. The van der Waals surface area contributed by atoms with Gasteiger partial charge in [0, 0.05) is 19.7 Å². The summed E-state index contributed by atoms with van der Waals surface area (Å²) in [6.45, 7) is 2.77. The summed E-state index contributed by atoms with van der Waals surface area (Å²) in [5.41, 5.74) is -1.85. The van der Waals surface area contributed by atoms with Crippen LogP contribution in [0, 0.1) is 11.8 Å². The maximum Gasteiger partial charge on any atom is 0.313 e. The van der Waals surface area contributed by atoms with E-state index < -0.39 is 35.0 Å². The average Bonchev–Trinajstić information content (AvgIpc) is 3.18. The molecule has 5 atom stereocenters. The molecule has 9 heteroatoms. The van der Waals surface area contributed by atoms with E-state index in [1.165, 1.54) is 0 Å². The second-order valence-electron chi connectivity index (χ2n) is 10.3. The zero-order chi connectivity index (χ0) is 26.2. The molecule has 1 aromatic rings. The Morgan fingerprint density at radius 3 is 2.59 bits per heavy atom. The molecule has 0 aliphatic carbocycles. The minimum absolute atomic E-state index is 0.121. The number of hydrogen-bond acceptors (Lipinski definition) is 6. The lowest BCUT2D eigenvalue weighted by Crippen LogP contribution is -2.56.